The second kappa shape index (κ2) is 9.02. The first-order chi connectivity index (χ1) is 17.7. The van der Waals surface area contributed by atoms with Gasteiger partial charge in [-0.05, 0) is 41.8 Å². The van der Waals surface area contributed by atoms with Crippen molar-refractivity contribution in [3.63, 3.8) is 0 Å². The number of para-hydroxylation sites is 3. The van der Waals surface area contributed by atoms with Crippen LogP contribution in [0, 0.1) is 13.0 Å². The number of fused-ring (bicyclic) bond motifs is 5. The van der Waals surface area contributed by atoms with Crippen molar-refractivity contribution in [3.05, 3.63) is 109 Å². The van der Waals surface area contributed by atoms with Gasteiger partial charge in [-0.2, -0.15) is 0 Å². The number of phenolic OH excluding ortho intramolecular Hbond substituents is 1. The third-order valence-corrected chi connectivity index (χ3v) is 6.56. The molecule has 4 aromatic carbocycles. The molecule has 5 nitrogen and oxygen atoms in total. The van der Waals surface area contributed by atoms with Crippen LogP contribution in [0.2, 0.25) is 0 Å². The quantitative estimate of drug-likeness (QED) is 0.200. The Morgan fingerprint density at radius 1 is 0.811 bits per heavy atom. The predicted molar refractivity (Wildman–Crippen MR) is 143 cm³/mol. The Hall–Kier alpha value is -4.21. The largest absolute Gasteiger partial charge is 0.506 e. The van der Waals surface area contributed by atoms with Gasteiger partial charge in [0.05, 0.1) is 5.52 Å². The fraction of sp³-hybridized carbons (Fsp3) is 0.0323. The van der Waals surface area contributed by atoms with E-state index < -0.39 is 0 Å². The Labute approximate surface area is 227 Å². The fourth-order valence-corrected chi connectivity index (χ4v) is 4.93. The number of aryl methyl sites for hydroxylation is 1. The molecular weight excluding hydrogens is 641 g/mol. The van der Waals surface area contributed by atoms with Crippen molar-refractivity contribution in [2.45, 2.75) is 6.92 Å². The zero-order valence-electron chi connectivity index (χ0n) is 19.8. The smallest absolute Gasteiger partial charge is 0.217 e. The molecule has 182 valence electrons. The molecule has 0 bridgehead atoms. The van der Waals surface area contributed by atoms with E-state index in [1.807, 2.05) is 48.5 Å². The molecule has 0 fully saturated rings. The number of ether oxygens (including phenoxy) is 1. The summed E-state index contributed by atoms with van der Waals surface area (Å²) >= 11 is 0. The van der Waals surface area contributed by atoms with Crippen molar-refractivity contribution in [1.82, 2.24) is 14.5 Å². The molecule has 6 heteroatoms. The molecule has 0 saturated carbocycles. The normalized spacial score (nSPS) is 11.3. The third kappa shape index (κ3) is 3.83. The Balaban J connectivity index is 0.00000252. The fourth-order valence-electron chi connectivity index (χ4n) is 4.93. The van der Waals surface area contributed by atoms with Crippen molar-refractivity contribution >= 4 is 43.6 Å². The predicted octanol–water partition coefficient (Wildman–Crippen LogP) is 7.48. The monoisotopic (exact) mass is 661 g/mol. The van der Waals surface area contributed by atoms with Crippen LogP contribution in [0.1, 0.15) is 5.56 Å². The molecule has 3 heterocycles. The second-order valence-electron chi connectivity index (χ2n) is 8.86. The number of pyridine rings is 2. The Morgan fingerprint density at radius 3 is 2.51 bits per heavy atom. The van der Waals surface area contributed by atoms with E-state index in [1.165, 1.54) is 0 Å². The summed E-state index contributed by atoms with van der Waals surface area (Å²) in [7, 11) is 0. The average molecular weight is 662 g/mol. The van der Waals surface area contributed by atoms with Crippen LogP contribution in [0.3, 0.4) is 0 Å². The van der Waals surface area contributed by atoms with Crippen molar-refractivity contribution in [2.24, 2.45) is 0 Å². The van der Waals surface area contributed by atoms with E-state index in [2.05, 4.69) is 52.9 Å². The van der Waals surface area contributed by atoms with Crippen LogP contribution in [-0.4, -0.2) is 19.6 Å². The molecule has 3 aromatic heterocycles. The van der Waals surface area contributed by atoms with Crippen LogP contribution in [0.25, 0.3) is 49.4 Å². The van der Waals surface area contributed by atoms with Gasteiger partial charge in [0.2, 0.25) is 5.88 Å². The van der Waals surface area contributed by atoms with Crippen LogP contribution in [-0.2, 0) is 21.1 Å². The van der Waals surface area contributed by atoms with Gasteiger partial charge in [-0.15, -0.1) is 17.7 Å². The summed E-state index contributed by atoms with van der Waals surface area (Å²) < 4.78 is 8.31. The Kier molecular flexibility index (Phi) is 5.66. The number of rotatable bonds is 3. The van der Waals surface area contributed by atoms with Gasteiger partial charge in [0.15, 0.2) is 0 Å². The molecule has 0 aliphatic heterocycles. The van der Waals surface area contributed by atoms with Crippen LogP contribution >= 0.6 is 0 Å². The van der Waals surface area contributed by atoms with Gasteiger partial charge in [0.25, 0.3) is 0 Å². The number of aromatic hydroxyl groups is 1. The Bertz CT molecular complexity index is 1960. The number of phenols is 1. The molecule has 0 atom stereocenters. The van der Waals surface area contributed by atoms with E-state index in [1.54, 1.807) is 18.2 Å². The standard InChI is InChI=1S/C31H20N3O2.Pt/c1-19-17-22(36-29-16-14-21-8-6-12-27(35)31(21)33-29)18-26-30(19)23-9-3-5-11-25(23)34(26)28-15-13-20-7-2-4-10-24(20)32-28;/h2-17,35H,1H3;/q-1;. The summed E-state index contributed by atoms with van der Waals surface area (Å²) in [5.41, 5.74) is 4.45. The van der Waals surface area contributed by atoms with Crippen molar-refractivity contribution in [3.8, 4) is 23.2 Å². The van der Waals surface area contributed by atoms with Crippen molar-refractivity contribution < 1.29 is 30.9 Å². The minimum Gasteiger partial charge on any atom is -0.506 e. The van der Waals surface area contributed by atoms with Crippen LogP contribution in [0.15, 0.2) is 97.1 Å². The summed E-state index contributed by atoms with van der Waals surface area (Å²) in [6, 6.07) is 35.0. The molecule has 7 aromatic rings. The summed E-state index contributed by atoms with van der Waals surface area (Å²) in [5.74, 6) is 1.88. The number of nitrogens with zero attached hydrogens (tertiary/aromatic N) is 3. The van der Waals surface area contributed by atoms with E-state index in [0.29, 0.717) is 17.1 Å². The number of benzene rings is 4. The van der Waals surface area contributed by atoms with E-state index in [9.17, 15) is 5.11 Å². The van der Waals surface area contributed by atoms with E-state index >= 15 is 0 Å². The first-order valence-corrected chi connectivity index (χ1v) is 11.7. The molecular formula is C31H20N3O2Pt-. The van der Waals surface area contributed by atoms with E-state index in [4.69, 9.17) is 9.72 Å². The maximum atomic E-state index is 10.2. The average Bonchev–Trinajstić information content (AvgIpc) is 3.23. The van der Waals surface area contributed by atoms with E-state index in [-0.39, 0.29) is 26.8 Å². The first-order valence-electron chi connectivity index (χ1n) is 11.7. The second-order valence-corrected chi connectivity index (χ2v) is 8.86. The van der Waals surface area contributed by atoms with E-state index in [0.717, 1.165) is 49.5 Å². The molecule has 37 heavy (non-hydrogen) atoms. The minimum absolute atomic E-state index is 0. The number of hydrogen-bond donors (Lipinski definition) is 1. The molecule has 0 radical (unpaired) electrons. The summed E-state index contributed by atoms with van der Waals surface area (Å²) in [5, 5.41) is 14.4. The number of hydrogen-bond acceptors (Lipinski definition) is 4. The van der Waals surface area contributed by atoms with Gasteiger partial charge in [0, 0.05) is 49.2 Å². The van der Waals surface area contributed by atoms with Gasteiger partial charge >= 0.3 is 0 Å². The van der Waals surface area contributed by atoms with Crippen LogP contribution < -0.4 is 4.74 Å². The van der Waals surface area contributed by atoms with Gasteiger partial charge in [0.1, 0.15) is 17.1 Å². The van der Waals surface area contributed by atoms with Crippen LogP contribution in [0.4, 0.5) is 0 Å². The SMILES string of the molecule is Cc1cc(Oc2ccc3cccc(O)c3n2)[c-]c2c1c1ccccc1n2-c1ccc2ccccc2n1.[Pt]. The van der Waals surface area contributed by atoms with Gasteiger partial charge in [-0.1, -0.05) is 66.4 Å². The van der Waals surface area contributed by atoms with Gasteiger partial charge in [-0.25, -0.2) is 9.97 Å². The maximum Gasteiger partial charge on any atom is 0.217 e. The molecule has 0 aliphatic carbocycles. The van der Waals surface area contributed by atoms with Gasteiger partial charge in [-0.3, -0.25) is 0 Å². The molecule has 7 rings (SSSR count). The molecule has 1 N–H and O–H groups in total. The minimum atomic E-state index is 0. The first kappa shape index (κ1) is 23.2. The molecule has 0 saturated heterocycles. The maximum absolute atomic E-state index is 10.2. The molecule has 0 aliphatic rings. The molecule has 0 amide bonds. The molecule has 0 spiro atoms. The molecule has 0 unspecified atom stereocenters. The Morgan fingerprint density at radius 2 is 1.59 bits per heavy atom. The summed E-state index contributed by atoms with van der Waals surface area (Å²) in [6.07, 6.45) is 0. The number of aromatic nitrogens is 3. The van der Waals surface area contributed by atoms with Crippen molar-refractivity contribution in [1.29, 1.82) is 0 Å². The third-order valence-electron chi connectivity index (χ3n) is 6.56. The van der Waals surface area contributed by atoms with Crippen molar-refractivity contribution in [2.75, 3.05) is 0 Å². The summed E-state index contributed by atoms with van der Waals surface area (Å²) in [4.78, 5) is 9.49. The van der Waals surface area contributed by atoms with Crippen LogP contribution in [0.5, 0.6) is 17.4 Å². The summed E-state index contributed by atoms with van der Waals surface area (Å²) in [6.45, 7) is 2.08. The zero-order chi connectivity index (χ0) is 24.2. The van der Waals surface area contributed by atoms with Gasteiger partial charge < -0.3 is 14.4 Å². The topological polar surface area (TPSA) is 60.2 Å². The zero-order valence-corrected chi connectivity index (χ0v) is 22.0.